The largest absolute Gasteiger partial charge is 0.491 e. The molecular weight excluding hydrogens is 343 g/mol. The van der Waals surface area contributed by atoms with E-state index in [1.807, 2.05) is 12.1 Å². The van der Waals surface area contributed by atoms with Crippen molar-refractivity contribution in [3.05, 3.63) is 65.5 Å². The van der Waals surface area contributed by atoms with Crippen LogP contribution in [-0.4, -0.2) is 27.9 Å². The minimum atomic E-state index is -0.848. The van der Waals surface area contributed by atoms with Crippen molar-refractivity contribution >= 4 is 22.7 Å². The van der Waals surface area contributed by atoms with Gasteiger partial charge < -0.3 is 9.84 Å². The standard InChI is InChI=1S/C19H17FO4S/c20-14-5-3-13(4-6-14)17(22)11-24-15-7-1-12(2-8-15)9-18-16(21)10-19(23)25-18/h1-8,17-18,22H,9-11H2. The van der Waals surface area contributed by atoms with Crippen LogP contribution in [0.15, 0.2) is 48.5 Å². The predicted octanol–water partition coefficient (Wildman–Crippen LogP) is 3.08. The lowest BCUT2D eigenvalue weighted by Gasteiger charge is -2.13. The van der Waals surface area contributed by atoms with Crippen LogP contribution in [0, 0.1) is 5.82 Å². The Balaban J connectivity index is 1.53. The highest BCUT2D eigenvalue weighted by atomic mass is 32.2. The topological polar surface area (TPSA) is 63.6 Å². The highest BCUT2D eigenvalue weighted by Crippen LogP contribution is 2.28. The van der Waals surface area contributed by atoms with E-state index < -0.39 is 6.10 Å². The smallest absolute Gasteiger partial charge is 0.197 e. The average molecular weight is 360 g/mol. The number of aliphatic hydroxyl groups excluding tert-OH is 1. The van der Waals surface area contributed by atoms with Crippen LogP contribution in [0.5, 0.6) is 5.75 Å². The van der Waals surface area contributed by atoms with Gasteiger partial charge in [0.25, 0.3) is 0 Å². The minimum absolute atomic E-state index is 0.0160. The number of carbonyl (C=O) groups excluding carboxylic acids is 2. The van der Waals surface area contributed by atoms with Crippen molar-refractivity contribution in [2.24, 2.45) is 0 Å². The number of carbonyl (C=O) groups is 2. The van der Waals surface area contributed by atoms with E-state index >= 15 is 0 Å². The Bertz CT molecular complexity index is 758. The fourth-order valence-electron chi connectivity index (χ4n) is 2.57. The lowest BCUT2D eigenvalue weighted by molar-refractivity contribution is -0.121. The molecule has 1 aliphatic rings. The van der Waals surface area contributed by atoms with Crippen LogP contribution in [0.3, 0.4) is 0 Å². The fourth-order valence-corrected chi connectivity index (χ4v) is 3.60. The first-order valence-electron chi connectivity index (χ1n) is 7.89. The molecule has 2 unspecified atom stereocenters. The van der Waals surface area contributed by atoms with Crippen LogP contribution in [0.25, 0.3) is 0 Å². The number of hydrogen-bond acceptors (Lipinski definition) is 5. The summed E-state index contributed by atoms with van der Waals surface area (Å²) >= 11 is 1.11. The van der Waals surface area contributed by atoms with E-state index in [-0.39, 0.29) is 35.0 Å². The summed E-state index contributed by atoms with van der Waals surface area (Å²) in [6.45, 7) is 0.0520. The summed E-state index contributed by atoms with van der Waals surface area (Å²) in [5, 5.41) is 9.69. The lowest BCUT2D eigenvalue weighted by Crippen LogP contribution is -2.13. The second-order valence-electron chi connectivity index (χ2n) is 5.85. The Hall–Kier alpha value is -2.18. The van der Waals surface area contributed by atoms with E-state index in [0.717, 1.165) is 17.3 Å². The van der Waals surface area contributed by atoms with Gasteiger partial charge in [-0.1, -0.05) is 36.0 Å². The quantitative estimate of drug-likeness (QED) is 0.802. The second kappa shape index (κ2) is 7.80. The summed E-state index contributed by atoms with van der Waals surface area (Å²) in [6.07, 6.45) is -0.301. The summed E-state index contributed by atoms with van der Waals surface area (Å²) in [7, 11) is 0. The zero-order valence-corrected chi connectivity index (χ0v) is 14.2. The molecule has 130 valence electrons. The van der Waals surface area contributed by atoms with Gasteiger partial charge in [0.15, 0.2) is 10.9 Å². The molecule has 25 heavy (non-hydrogen) atoms. The molecule has 0 radical (unpaired) electrons. The number of rotatable bonds is 6. The summed E-state index contributed by atoms with van der Waals surface area (Å²) < 4.78 is 18.4. The molecule has 1 N–H and O–H groups in total. The average Bonchev–Trinajstić information content (AvgIpc) is 2.92. The van der Waals surface area contributed by atoms with Crippen LogP contribution < -0.4 is 4.74 Å². The molecule has 1 fully saturated rings. The molecule has 1 saturated heterocycles. The summed E-state index contributed by atoms with van der Waals surface area (Å²) in [5.41, 5.74) is 1.53. The molecule has 0 amide bonds. The highest BCUT2D eigenvalue weighted by Gasteiger charge is 2.31. The van der Waals surface area contributed by atoms with Gasteiger partial charge >= 0.3 is 0 Å². The molecule has 3 rings (SSSR count). The van der Waals surface area contributed by atoms with E-state index in [4.69, 9.17) is 4.74 Å². The van der Waals surface area contributed by atoms with Gasteiger partial charge in [0.2, 0.25) is 0 Å². The normalized spacial score (nSPS) is 18.4. The van der Waals surface area contributed by atoms with Gasteiger partial charge in [-0.05, 0) is 41.8 Å². The number of ether oxygens (including phenoxy) is 1. The number of Topliss-reactive ketones (excluding diaryl/α,β-unsaturated/α-hetero) is 1. The third kappa shape index (κ3) is 4.67. The van der Waals surface area contributed by atoms with Crippen molar-refractivity contribution in [2.75, 3.05) is 6.61 Å². The van der Waals surface area contributed by atoms with Gasteiger partial charge in [-0.2, -0.15) is 0 Å². The molecule has 2 atom stereocenters. The summed E-state index contributed by atoms with van der Waals surface area (Å²) in [4.78, 5) is 22.9. The number of ketones is 1. The van der Waals surface area contributed by atoms with Crippen LogP contribution in [0.1, 0.15) is 23.7 Å². The third-order valence-electron chi connectivity index (χ3n) is 3.96. The van der Waals surface area contributed by atoms with Crippen molar-refractivity contribution in [1.82, 2.24) is 0 Å². The zero-order valence-electron chi connectivity index (χ0n) is 13.4. The first kappa shape index (κ1) is 17.6. The number of aliphatic hydroxyl groups is 1. The molecule has 1 heterocycles. The lowest BCUT2D eigenvalue weighted by atomic mass is 10.1. The number of halogens is 1. The van der Waals surface area contributed by atoms with Crippen LogP contribution in [-0.2, 0) is 16.0 Å². The molecule has 0 aromatic heterocycles. The van der Waals surface area contributed by atoms with Gasteiger partial charge in [0.1, 0.15) is 24.3 Å². The number of hydrogen-bond donors (Lipinski definition) is 1. The van der Waals surface area contributed by atoms with Crippen molar-refractivity contribution in [3.63, 3.8) is 0 Å². The van der Waals surface area contributed by atoms with Crippen molar-refractivity contribution < 1.29 is 23.8 Å². The molecule has 6 heteroatoms. The second-order valence-corrected chi connectivity index (χ2v) is 7.11. The Kier molecular flexibility index (Phi) is 5.50. The molecule has 0 spiro atoms. The SMILES string of the molecule is O=C1CC(=O)C(Cc2ccc(OCC(O)c3ccc(F)cc3)cc2)S1. The van der Waals surface area contributed by atoms with E-state index in [9.17, 15) is 19.1 Å². The number of benzene rings is 2. The van der Waals surface area contributed by atoms with Crippen molar-refractivity contribution in [1.29, 1.82) is 0 Å². The molecule has 0 saturated carbocycles. The molecule has 0 bridgehead atoms. The molecule has 2 aromatic rings. The zero-order chi connectivity index (χ0) is 17.8. The number of thioether (sulfide) groups is 1. The summed E-state index contributed by atoms with van der Waals surface area (Å²) in [5.74, 6) is 0.220. The maximum Gasteiger partial charge on any atom is 0.197 e. The van der Waals surface area contributed by atoms with E-state index in [1.165, 1.54) is 24.3 Å². The van der Waals surface area contributed by atoms with Crippen molar-refractivity contribution in [2.45, 2.75) is 24.2 Å². The van der Waals surface area contributed by atoms with Crippen LogP contribution in [0.4, 0.5) is 4.39 Å². The van der Waals surface area contributed by atoms with Gasteiger partial charge in [0.05, 0.1) is 11.7 Å². The third-order valence-corrected chi connectivity index (χ3v) is 5.08. The minimum Gasteiger partial charge on any atom is -0.491 e. The van der Waals surface area contributed by atoms with Crippen LogP contribution >= 0.6 is 11.8 Å². The molecular formula is C19H17FO4S. The van der Waals surface area contributed by atoms with Gasteiger partial charge in [-0.25, -0.2) is 4.39 Å². The maximum absolute atomic E-state index is 12.9. The fraction of sp³-hybridized carbons (Fsp3) is 0.263. The first-order valence-corrected chi connectivity index (χ1v) is 8.76. The van der Waals surface area contributed by atoms with Gasteiger partial charge in [-0.15, -0.1) is 0 Å². The predicted molar refractivity (Wildman–Crippen MR) is 93.0 cm³/mol. The molecule has 2 aromatic carbocycles. The first-order chi connectivity index (χ1) is 12.0. The molecule has 1 aliphatic heterocycles. The monoisotopic (exact) mass is 360 g/mol. The Morgan fingerprint density at radius 2 is 1.80 bits per heavy atom. The Morgan fingerprint density at radius 3 is 2.40 bits per heavy atom. The van der Waals surface area contributed by atoms with E-state index in [2.05, 4.69) is 0 Å². The molecule has 4 nitrogen and oxygen atoms in total. The summed E-state index contributed by atoms with van der Waals surface area (Å²) in [6, 6.07) is 12.8. The Morgan fingerprint density at radius 1 is 1.12 bits per heavy atom. The molecule has 0 aliphatic carbocycles. The van der Waals surface area contributed by atoms with Crippen molar-refractivity contribution in [3.8, 4) is 5.75 Å². The van der Waals surface area contributed by atoms with E-state index in [0.29, 0.717) is 17.7 Å². The van der Waals surface area contributed by atoms with E-state index in [1.54, 1.807) is 12.1 Å². The highest BCUT2D eigenvalue weighted by molar-refractivity contribution is 8.15. The van der Waals surface area contributed by atoms with Gasteiger partial charge in [0, 0.05) is 0 Å². The van der Waals surface area contributed by atoms with Gasteiger partial charge in [-0.3, -0.25) is 9.59 Å². The maximum atomic E-state index is 12.9. The Labute approximate surface area is 149 Å². The van der Waals surface area contributed by atoms with Crippen LogP contribution in [0.2, 0.25) is 0 Å².